The monoisotopic (exact) mass is 236 g/mol. The molecule has 3 heteroatoms. The highest BCUT2D eigenvalue weighted by atomic mass is 16.6. The van der Waals surface area contributed by atoms with Gasteiger partial charge in [0.05, 0.1) is 0 Å². The first-order chi connectivity index (χ1) is 7.88. The molecule has 0 fully saturated rings. The van der Waals surface area contributed by atoms with Crippen molar-refractivity contribution in [3.05, 3.63) is 35.4 Å². The number of Topliss-reactive ketones (excluding diaryl/α,β-unsaturated/α-hetero) is 1. The molecule has 94 valence electrons. The molecule has 0 amide bonds. The Morgan fingerprint density at radius 1 is 1.29 bits per heavy atom. The van der Waals surface area contributed by atoms with E-state index in [1.807, 2.05) is 12.1 Å². The molecule has 0 saturated carbocycles. The Balaban J connectivity index is 2.90. The van der Waals surface area contributed by atoms with Crippen LogP contribution in [0.3, 0.4) is 0 Å². The maximum Gasteiger partial charge on any atom is 0.194 e. The van der Waals surface area contributed by atoms with Gasteiger partial charge in [-0.05, 0) is 25.3 Å². The van der Waals surface area contributed by atoms with Gasteiger partial charge >= 0.3 is 0 Å². The third-order valence-corrected chi connectivity index (χ3v) is 2.81. The number of rotatable bonds is 5. The van der Waals surface area contributed by atoms with Gasteiger partial charge in [0.15, 0.2) is 5.78 Å². The molecule has 0 unspecified atom stereocenters. The Morgan fingerprint density at radius 2 is 1.82 bits per heavy atom. The first-order valence-electron chi connectivity index (χ1n) is 5.78. The zero-order chi connectivity index (χ0) is 13.1. The quantitative estimate of drug-likeness (QED) is 0.631. The van der Waals surface area contributed by atoms with E-state index in [0.717, 1.165) is 0 Å². The van der Waals surface area contributed by atoms with Gasteiger partial charge in [0.25, 0.3) is 0 Å². The maximum absolute atomic E-state index is 12.1. The Labute approximate surface area is 102 Å². The molecule has 1 rings (SSSR count). The average molecular weight is 236 g/mol. The zero-order valence-corrected chi connectivity index (χ0v) is 10.9. The fourth-order valence-electron chi connectivity index (χ4n) is 1.59. The van der Waals surface area contributed by atoms with E-state index in [1.165, 1.54) is 5.56 Å². The first kappa shape index (κ1) is 13.9. The molecular weight excluding hydrogens is 216 g/mol. The van der Waals surface area contributed by atoms with Crippen molar-refractivity contribution >= 4 is 5.78 Å². The molecule has 0 aliphatic heterocycles. The largest absolute Gasteiger partial charge is 0.371 e. The van der Waals surface area contributed by atoms with Crippen LogP contribution in [0, 0.1) is 0 Å². The van der Waals surface area contributed by atoms with E-state index in [4.69, 9.17) is 9.84 Å². The van der Waals surface area contributed by atoms with Gasteiger partial charge < -0.3 is 9.84 Å². The minimum atomic E-state index is -0.992. The smallest absolute Gasteiger partial charge is 0.194 e. The highest BCUT2D eigenvalue weighted by molar-refractivity contribution is 6.01. The van der Waals surface area contributed by atoms with E-state index in [0.29, 0.717) is 11.5 Å². The van der Waals surface area contributed by atoms with E-state index in [-0.39, 0.29) is 5.78 Å². The minimum absolute atomic E-state index is 0.123. The van der Waals surface area contributed by atoms with Crippen LogP contribution in [0.5, 0.6) is 0 Å². The second kappa shape index (κ2) is 5.43. The standard InChI is InChI=1S/C14H20O3/c1-10(2)11-5-7-12(8-6-11)13(16)14(3,4)17-9-15/h5-8,10,15H,9H2,1-4H3. The molecule has 0 atom stereocenters. The summed E-state index contributed by atoms with van der Waals surface area (Å²) in [5.74, 6) is 0.322. The number of carbonyl (C=O) groups excluding carboxylic acids is 1. The van der Waals surface area contributed by atoms with E-state index in [1.54, 1.807) is 26.0 Å². The lowest BCUT2D eigenvalue weighted by molar-refractivity contribution is -0.0780. The summed E-state index contributed by atoms with van der Waals surface area (Å²) in [5.41, 5.74) is 0.809. The van der Waals surface area contributed by atoms with Crippen LogP contribution in [0.4, 0.5) is 0 Å². The second-order valence-corrected chi connectivity index (χ2v) is 4.89. The Hall–Kier alpha value is -1.19. The molecule has 0 bridgehead atoms. The van der Waals surface area contributed by atoms with Crippen molar-refractivity contribution in [1.29, 1.82) is 0 Å². The molecule has 3 nitrogen and oxygen atoms in total. The van der Waals surface area contributed by atoms with Gasteiger partial charge in [-0.1, -0.05) is 38.1 Å². The third kappa shape index (κ3) is 3.38. The molecule has 17 heavy (non-hydrogen) atoms. The normalized spacial score (nSPS) is 11.9. The Morgan fingerprint density at radius 3 is 2.24 bits per heavy atom. The SMILES string of the molecule is CC(C)c1ccc(C(=O)C(C)(C)OCO)cc1. The van der Waals surface area contributed by atoms with Crippen molar-refractivity contribution in [3.8, 4) is 0 Å². The predicted octanol–water partition coefficient (Wildman–Crippen LogP) is 2.74. The van der Waals surface area contributed by atoms with Crippen LogP contribution in [-0.4, -0.2) is 23.3 Å². The molecule has 0 aliphatic rings. The summed E-state index contributed by atoms with van der Waals surface area (Å²) >= 11 is 0. The summed E-state index contributed by atoms with van der Waals surface area (Å²) < 4.78 is 5.03. The predicted molar refractivity (Wildman–Crippen MR) is 67.1 cm³/mol. The van der Waals surface area contributed by atoms with Gasteiger partial charge in [0, 0.05) is 5.56 Å². The molecule has 0 heterocycles. The van der Waals surface area contributed by atoms with E-state index < -0.39 is 12.4 Å². The molecule has 0 aliphatic carbocycles. The number of carbonyl (C=O) groups is 1. The molecule has 1 aromatic carbocycles. The van der Waals surface area contributed by atoms with Crippen LogP contribution >= 0.6 is 0 Å². The van der Waals surface area contributed by atoms with Crippen LogP contribution in [0.15, 0.2) is 24.3 Å². The molecule has 1 aromatic rings. The molecule has 0 radical (unpaired) electrons. The molecule has 0 spiro atoms. The summed E-state index contributed by atoms with van der Waals surface area (Å²) in [7, 11) is 0. The van der Waals surface area contributed by atoms with Crippen LogP contribution in [0.1, 0.15) is 49.5 Å². The number of aliphatic hydroxyl groups excluding tert-OH is 1. The first-order valence-corrected chi connectivity index (χ1v) is 5.78. The fraction of sp³-hybridized carbons (Fsp3) is 0.500. The zero-order valence-electron chi connectivity index (χ0n) is 10.9. The van der Waals surface area contributed by atoms with Crippen molar-refractivity contribution in [2.45, 2.75) is 39.2 Å². The van der Waals surface area contributed by atoms with E-state index >= 15 is 0 Å². The lowest BCUT2D eigenvalue weighted by Gasteiger charge is -2.22. The highest BCUT2D eigenvalue weighted by Crippen LogP contribution is 2.20. The van der Waals surface area contributed by atoms with Crippen molar-refractivity contribution in [3.63, 3.8) is 0 Å². The Kier molecular flexibility index (Phi) is 4.43. The fourth-order valence-corrected chi connectivity index (χ4v) is 1.59. The summed E-state index contributed by atoms with van der Waals surface area (Å²) in [6, 6.07) is 7.51. The molecule has 0 saturated heterocycles. The third-order valence-electron chi connectivity index (χ3n) is 2.81. The van der Waals surface area contributed by atoms with Crippen LogP contribution in [-0.2, 0) is 4.74 Å². The number of ether oxygens (including phenoxy) is 1. The van der Waals surface area contributed by atoms with Gasteiger partial charge in [-0.3, -0.25) is 4.79 Å². The maximum atomic E-state index is 12.1. The van der Waals surface area contributed by atoms with Crippen molar-refractivity contribution in [2.24, 2.45) is 0 Å². The van der Waals surface area contributed by atoms with Crippen LogP contribution in [0.2, 0.25) is 0 Å². The van der Waals surface area contributed by atoms with Crippen LogP contribution < -0.4 is 0 Å². The minimum Gasteiger partial charge on any atom is -0.371 e. The topological polar surface area (TPSA) is 46.5 Å². The van der Waals surface area contributed by atoms with Gasteiger partial charge in [-0.15, -0.1) is 0 Å². The van der Waals surface area contributed by atoms with Gasteiger partial charge in [-0.2, -0.15) is 0 Å². The summed E-state index contributed by atoms with van der Waals surface area (Å²) in [6.07, 6.45) is 0. The molecule has 1 N–H and O–H groups in total. The average Bonchev–Trinajstić information content (AvgIpc) is 2.28. The van der Waals surface area contributed by atoms with Gasteiger partial charge in [0.2, 0.25) is 0 Å². The Bertz CT molecular complexity index is 377. The number of benzene rings is 1. The van der Waals surface area contributed by atoms with E-state index in [2.05, 4.69) is 13.8 Å². The summed E-state index contributed by atoms with van der Waals surface area (Å²) in [6.45, 7) is 7.07. The van der Waals surface area contributed by atoms with Crippen molar-refractivity contribution < 1.29 is 14.6 Å². The number of hydrogen-bond donors (Lipinski definition) is 1. The van der Waals surface area contributed by atoms with Gasteiger partial charge in [-0.25, -0.2) is 0 Å². The summed E-state index contributed by atoms with van der Waals surface area (Å²) in [4.78, 5) is 12.1. The number of ketones is 1. The van der Waals surface area contributed by atoms with Crippen molar-refractivity contribution in [1.82, 2.24) is 0 Å². The van der Waals surface area contributed by atoms with E-state index in [9.17, 15) is 4.79 Å². The van der Waals surface area contributed by atoms with Crippen LogP contribution in [0.25, 0.3) is 0 Å². The lowest BCUT2D eigenvalue weighted by Crippen LogP contribution is -2.35. The molecular formula is C14H20O3. The number of hydrogen-bond acceptors (Lipinski definition) is 3. The summed E-state index contributed by atoms with van der Waals surface area (Å²) in [5, 5.41) is 8.74. The molecule has 0 aromatic heterocycles. The van der Waals surface area contributed by atoms with Gasteiger partial charge in [0.1, 0.15) is 12.4 Å². The lowest BCUT2D eigenvalue weighted by atomic mass is 9.94. The highest BCUT2D eigenvalue weighted by Gasteiger charge is 2.29. The second-order valence-electron chi connectivity index (χ2n) is 4.89. The van der Waals surface area contributed by atoms with Crippen molar-refractivity contribution in [2.75, 3.05) is 6.79 Å². The number of aliphatic hydroxyl groups is 1.